The van der Waals surface area contributed by atoms with Gasteiger partial charge in [-0.05, 0) is 26.7 Å². The molecule has 0 aromatic rings. The molecule has 13 heavy (non-hydrogen) atoms. The van der Waals surface area contributed by atoms with E-state index in [0.29, 0.717) is 0 Å². The average molecular weight is 185 g/mol. The van der Waals surface area contributed by atoms with Crippen molar-refractivity contribution in [2.45, 2.75) is 64.0 Å². The Morgan fingerprint density at radius 1 is 1.23 bits per heavy atom. The van der Waals surface area contributed by atoms with E-state index in [4.69, 9.17) is 10.5 Å². The van der Waals surface area contributed by atoms with Crippen LogP contribution in [0.25, 0.3) is 0 Å². The molecule has 0 radical (unpaired) electrons. The molecule has 0 aromatic carbocycles. The first-order valence-electron chi connectivity index (χ1n) is 5.61. The van der Waals surface area contributed by atoms with E-state index in [1.165, 1.54) is 25.7 Å². The standard InChI is InChI=1S/C11H23NO/c1-3-13-11(10(2)12)8-6-4-5-7-9-11/h10H,3-9,12H2,1-2H3/t10-/m1/s1. The summed E-state index contributed by atoms with van der Waals surface area (Å²) in [5.41, 5.74) is 6.02. The Kier molecular flexibility index (Phi) is 4.20. The highest BCUT2D eigenvalue weighted by atomic mass is 16.5. The van der Waals surface area contributed by atoms with E-state index >= 15 is 0 Å². The summed E-state index contributed by atoms with van der Waals surface area (Å²) in [7, 11) is 0. The van der Waals surface area contributed by atoms with Crippen molar-refractivity contribution < 1.29 is 4.74 Å². The molecule has 0 aromatic heterocycles. The van der Waals surface area contributed by atoms with Crippen LogP contribution >= 0.6 is 0 Å². The Morgan fingerprint density at radius 3 is 2.15 bits per heavy atom. The van der Waals surface area contributed by atoms with Crippen LogP contribution in [-0.2, 0) is 4.74 Å². The summed E-state index contributed by atoms with van der Waals surface area (Å²) in [6.07, 6.45) is 7.56. The zero-order valence-electron chi connectivity index (χ0n) is 9.01. The van der Waals surface area contributed by atoms with Gasteiger partial charge in [-0.25, -0.2) is 0 Å². The molecule has 0 aliphatic heterocycles. The summed E-state index contributed by atoms with van der Waals surface area (Å²) >= 11 is 0. The smallest absolute Gasteiger partial charge is 0.0829 e. The summed E-state index contributed by atoms with van der Waals surface area (Å²) < 4.78 is 5.89. The zero-order chi connectivity index (χ0) is 9.73. The molecular formula is C11H23NO. The molecule has 2 nitrogen and oxygen atoms in total. The molecule has 0 bridgehead atoms. The van der Waals surface area contributed by atoms with E-state index in [9.17, 15) is 0 Å². The van der Waals surface area contributed by atoms with Gasteiger partial charge in [-0.3, -0.25) is 0 Å². The third kappa shape index (κ3) is 2.68. The fraction of sp³-hybridized carbons (Fsp3) is 1.00. The number of nitrogens with two attached hydrogens (primary N) is 1. The SMILES string of the molecule is CCOC1([C@@H](C)N)CCCCCC1. The van der Waals surface area contributed by atoms with Crippen LogP contribution in [0.2, 0.25) is 0 Å². The van der Waals surface area contributed by atoms with Crippen molar-refractivity contribution in [3.05, 3.63) is 0 Å². The molecule has 1 atom stereocenters. The molecule has 0 spiro atoms. The molecule has 0 saturated heterocycles. The van der Waals surface area contributed by atoms with Crippen LogP contribution in [0.4, 0.5) is 0 Å². The number of hydrogen-bond donors (Lipinski definition) is 1. The van der Waals surface area contributed by atoms with Crippen molar-refractivity contribution in [2.75, 3.05) is 6.61 Å². The second-order valence-corrected chi connectivity index (χ2v) is 4.20. The van der Waals surface area contributed by atoms with Gasteiger partial charge in [0, 0.05) is 12.6 Å². The predicted molar refractivity (Wildman–Crippen MR) is 55.7 cm³/mol. The number of ether oxygens (including phenoxy) is 1. The van der Waals surface area contributed by atoms with Gasteiger partial charge in [0.2, 0.25) is 0 Å². The molecule has 0 heterocycles. The summed E-state index contributed by atoms with van der Waals surface area (Å²) in [4.78, 5) is 0. The normalized spacial score (nSPS) is 25.2. The molecule has 1 aliphatic carbocycles. The molecule has 1 rings (SSSR count). The van der Waals surface area contributed by atoms with E-state index in [0.717, 1.165) is 19.4 Å². The fourth-order valence-electron chi connectivity index (χ4n) is 2.35. The Morgan fingerprint density at radius 2 is 1.77 bits per heavy atom. The Balaban J connectivity index is 2.62. The topological polar surface area (TPSA) is 35.2 Å². The second kappa shape index (κ2) is 4.97. The van der Waals surface area contributed by atoms with Gasteiger partial charge in [-0.15, -0.1) is 0 Å². The largest absolute Gasteiger partial charge is 0.374 e. The van der Waals surface area contributed by atoms with Gasteiger partial charge >= 0.3 is 0 Å². The summed E-state index contributed by atoms with van der Waals surface area (Å²) in [5, 5.41) is 0. The lowest BCUT2D eigenvalue weighted by atomic mass is 9.87. The number of rotatable bonds is 3. The van der Waals surface area contributed by atoms with Gasteiger partial charge in [-0.2, -0.15) is 0 Å². The lowest BCUT2D eigenvalue weighted by Crippen LogP contribution is -2.48. The van der Waals surface area contributed by atoms with Crippen LogP contribution in [0.5, 0.6) is 0 Å². The van der Waals surface area contributed by atoms with Gasteiger partial charge < -0.3 is 10.5 Å². The Hall–Kier alpha value is -0.0800. The van der Waals surface area contributed by atoms with Crippen molar-refractivity contribution >= 4 is 0 Å². The maximum atomic E-state index is 6.03. The van der Waals surface area contributed by atoms with E-state index in [-0.39, 0.29) is 11.6 Å². The third-order valence-electron chi connectivity index (χ3n) is 3.21. The van der Waals surface area contributed by atoms with E-state index in [1.54, 1.807) is 0 Å². The van der Waals surface area contributed by atoms with E-state index in [2.05, 4.69) is 13.8 Å². The maximum Gasteiger partial charge on any atom is 0.0829 e. The van der Waals surface area contributed by atoms with Crippen molar-refractivity contribution in [1.29, 1.82) is 0 Å². The Bertz CT molecular complexity index is 137. The van der Waals surface area contributed by atoms with E-state index < -0.39 is 0 Å². The third-order valence-corrected chi connectivity index (χ3v) is 3.21. The quantitative estimate of drug-likeness (QED) is 0.685. The van der Waals surface area contributed by atoms with Crippen molar-refractivity contribution in [3.8, 4) is 0 Å². The monoisotopic (exact) mass is 185 g/mol. The van der Waals surface area contributed by atoms with Gasteiger partial charge in [0.1, 0.15) is 0 Å². The van der Waals surface area contributed by atoms with Gasteiger partial charge in [-0.1, -0.05) is 25.7 Å². The van der Waals surface area contributed by atoms with Crippen molar-refractivity contribution in [1.82, 2.24) is 0 Å². The lowest BCUT2D eigenvalue weighted by molar-refractivity contribution is -0.0646. The van der Waals surface area contributed by atoms with Crippen molar-refractivity contribution in [2.24, 2.45) is 5.73 Å². The van der Waals surface area contributed by atoms with Crippen LogP contribution in [0, 0.1) is 0 Å². The zero-order valence-corrected chi connectivity index (χ0v) is 9.01. The van der Waals surface area contributed by atoms with Crippen LogP contribution in [0.3, 0.4) is 0 Å². The minimum absolute atomic E-state index is 0.00868. The van der Waals surface area contributed by atoms with Crippen molar-refractivity contribution in [3.63, 3.8) is 0 Å². The van der Waals surface area contributed by atoms with Gasteiger partial charge in [0.05, 0.1) is 5.60 Å². The lowest BCUT2D eigenvalue weighted by Gasteiger charge is -2.36. The summed E-state index contributed by atoms with van der Waals surface area (Å²) in [5.74, 6) is 0. The molecule has 1 aliphatic rings. The minimum atomic E-state index is -0.00868. The highest BCUT2D eigenvalue weighted by molar-refractivity contribution is 4.90. The highest BCUT2D eigenvalue weighted by Crippen LogP contribution is 2.32. The molecule has 0 unspecified atom stereocenters. The minimum Gasteiger partial charge on any atom is -0.374 e. The molecule has 2 N–H and O–H groups in total. The predicted octanol–water partition coefficient (Wildman–Crippen LogP) is 2.46. The molecule has 0 amide bonds. The molecule has 2 heteroatoms. The molecule has 1 saturated carbocycles. The van der Waals surface area contributed by atoms with Crippen LogP contribution in [0.15, 0.2) is 0 Å². The highest BCUT2D eigenvalue weighted by Gasteiger charge is 2.34. The number of hydrogen-bond acceptors (Lipinski definition) is 2. The molecule has 1 fully saturated rings. The van der Waals surface area contributed by atoms with Gasteiger partial charge in [0.25, 0.3) is 0 Å². The van der Waals surface area contributed by atoms with Crippen LogP contribution < -0.4 is 5.73 Å². The molecular weight excluding hydrogens is 162 g/mol. The van der Waals surface area contributed by atoms with E-state index in [1.807, 2.05) is 0 Å². The summed E-state index contributed by atoms with van der Waals surface area (Å²) in [6.45, 7) is 4.94. The van der Waals surface area contributed by atoms with Crippen LogP contribution in [0.1, 0.15) is 52.4 Å². The second-order valence-electron chi connectivity index (χ2n) is 4.20. The van der Waals surface area contributed by atoms with Gasteiger partial charge in [0.15, 0.2) is 0 Å². The first kappa shape index (κ1) is 11.0. The molecule has 78 valence electrons. The average Bonchev–Trinajstić information content (AvgIpc) is 2.31. The van der Waals surface area contributed by atoms with Crippen LogP contribution in [-0.4, -0.2) is 18.2 Å². The first-order chi connectivity index (χ1) is 6.21. The Labute approximate surface area is 81.8 Å². The first-order valence-corrected chi connectivity index (χ1v) is 5.61. The maximum absolute atomic E-state index is 6.03. The summed E-state index contributed by atoms with van der Waals surface area (Å²) in [6, 6.07) is 0.172. The fourth-order valence-corrected chi connectivity index (χ4v) is 2.35.